The fourth-order valence-electron chi connectivity index (χ4n) is 5.63. The molecule has 3 aromatic carbocycles. The highest BCUT2D eigenvalue weighted by Crippen LogP contribution is 2.22. The minimum atomic E-state index is 0.153. The van der Waals surface area contributed by atoms with Crippen LogP contribution in [-0.2, 0) is 25.9 Å². The zero-order chi connectivity index (χ0) is 26.3. The lowest BCUT2D eigenvalue weighted by Crippen LogP contribution is -2.45. The minimum Gasteiger partial charge on any atom is -0.380 e. The van der Waals surface area contributed by atoms with Gasteiger partial charge in [0, 0.05) is 45.0 Å². The molecule has 0 bridgehead atoms. The lowest BCUT2D eigenvalue weighted by atomic mass is 10.0. The van der Waals surface area contributed by atoms with Gasteiger partial charge in [-0.25, -0.2) is 0 Å². The van der Waals surface area contributed by atoms with Crippen molar-refractivity contribution in [3.05, 3.63) is 120 Å². The van der Waals surface area contributed by atoms with E-state index in [0.29, 0.717) is 6.04 Å². The third-order valence-electron chi connectivity index (χ3n) is 7.79. The first-order chi connectivity index (χ1) is 19.3. The Balaban J connectivity index is 1.16. The van der Waals surface area contributed by atoms with Crippen LogP contribution in [0.15, 0.2) is 102 Å². The SMILES string of the molecule is c1ccc(CCn2cc3c(n2)C(NC2CCN(Cc4ccccc4)CC2)=NC(Cc2ccccc2)CN3)cc1. The second kappa shape index (κ2) is 12.3. The predicted octanol–water partition coefficient (Wildman–Crippen LogP) is 5.16. The number of anilines is 1. The number of hydrogen-bond acceptors (Lipinski definition) is 5. The minimum absolute atomic E-state index is 0.153. The van der Waals surface area contributed by atoms with Crippen LogP contribution in [0.4, 0.5) is 5.69 Å². The number of benzene rings is 3. The van der Waals surface area contributed by atoms with E-state index in [0.717, 1.165) is 75.6 Å². The van der Waals surface area contributed by atoms with Gasteiger partial charge in [0.15, 0.2) is 11.5 Å². The summed E-state index contributed by atoms with van der Waals surface area (Å²) in [5.74, 6) is 0.941. The maximum absolute atomic E-state index is 5.28. The number of hydrogen-bond donors (Lipinski definition) is 2. The molecular formula is C33H38N6. The van der Waals surface area contributed by atoms with Crippen LogP contribution >= 0.6 is 0 Å². The van der Waals surface area contributed by atoms with E-state index in [1.807, 2.05) is 0 Å². The monoisotopic (exact) mass is 518 g/mol. The van der Waals surface area contributed by atoms with E-state index in [-0.39, 0.29) is 6.04 Å². The third-order valence-corrected chi connectivity index (χ3v) is 7.79. The van der Waals surface area contributed by atoms with Gasteiger partial charge in [-0.2, -0.15) is 5.10 Å². The molecule has 0 aliphatic carbocycles. The smallest absolute Gasteiger partial charge is 0.151 e. The Kier molecular flexibility index (Phi) is 8.01. The molecule has 2 aliphatic heterocycles. The molecule has 0 radical (unpaired) electrons. The lowest BCUT2D eigenvalue weighted by molar-refractivity contribution is 0.199. The van der Waals surface area contributed by atoms with E-state index in [2.05, 4.69) is 117 Å². The van der Waals surface area contributed by atoms with Crippen molar-refractivity contribution in [2.24, 2.45) is 4.99 Å². The average Bonchev–Trinajstić information content (AvgIpc) is 3.33. The normalized spacial score (nSPS) is 18.1. The zero-order valence-corrected chi connectivity index (χ0v) is 22.5. The van der Waals surface area contributed by atoms with E-state index in [4.69, 9.17) is 10.1 Å². The van der Waals surface area contributed by atoms with Crippen molar-refractivity contribution in [1.29, 1.82) is 0 Å². The molecule has 0 spiro atoms. The number of aryl methyl sites for hydroxylation is 2. The van der Waals surface area contributed by atoms with Crippen molar-refractivity contribution in [3.8, 4) is 0 Å². The highest BCUT2D eigenvalue weighted by atomic mass is 15.3. The molecule has 2 aliphatic rings. The molecule has 2 N–H and O–H groups in total. The van der Waals surface area contributed by atoms with Crippen molar-refractivity contribution in [1.82, 2.24) is 20.0 Å². The fraction of sp³-hybridized carbons (Fsp3) is 0.333. The molecule has 200 valence electrons. The standard InChI is InChI=1S/C33H38N6/c1-4-10-26(11-5-1)16-21-39-25-31-32(37-39)33(36-30(23-34-31)22-27-12-6-2-7-13-27)35-29-17-19-38(20-18-29)24-28-14-8-3-9-15-28/h1-15,25,29-30,34H,16-24H2,(H,35,36). The van der Waals surface area contributed by atoms with Crippen LogP contribution in [0.1, 0.15) is 35.2 Å². The Morgan fingerprint density at radius 2 is 1.44 bits per heavy atom. The number of rotatable bonds is 8. The summed E-state index contributed by atoms with van der Waals surface area (Å²) in [5, 5.41) is 12.6. The molecule has 6 heteroatoms. The van der Waals surface area contributed by atoms with E-state index in [1.165, 1.54) is 16.7 Å². The van der Waals surface area contributed by atoms with Crippen molar-refractivity contribution in [3.63, 3.8) is 0 Å². The summed E-state index contributed by atoms with van der Waals surface area (Å²) in [6.07, 6.45) is 6.23. The molecule has 6 nitrogen and oxygen atoms in total. The Morgan fingerprint density at radius 3 is 2.13 bits per heavy atom. The topological polar surface area (TPSA) is 57.5 Å². The first kappa shape index (κ1) is 25.4. The largest absolute Gasteiger partial charge is 0.380 e. The third kappa shape index (κ3) is 6.76. The van der Waals surface area contributed by atoms with Crippen LogP contribution < -0.4 is 10.6 Å². The van der Waals surface area contributed by atoms with E-state index >= 15 is 0 Å². The number of fused-ring (bicyclic) bond motifs is 1. The summed E-state index contributed by atoms with van der Waals surface area (Å²) in [5.41, 5.74) is 6.05. The number of nitrogens with one attached hydrogen (secondary N) is 2. The van der Waals surface area contributed by atoms with E-state index in [1.54, 1.807) is 0 Å². The summed E-state index contributed by atoms with van der Waals surface area (Å²) in [4.78, 5) is 7.84. The number of aromatic nitrogens is 2. The molecule has 1 atom stereocenters. The van der Waals surface area contributed by atoms with Gasteiger partial charge in [-0.15, -0.1) is 0 Å². The van der Waals surface area contributed by atoms with Gasteiger partial charge in [-0.05, 0) is 42.4 Å². The summed E-state index contributed by atoms with van der Waals surface area (Å²) >= 11 is 0. The Labute approximate surface area is 231 Å². The number of aliphatic imine (C=N–C) groups is 1. The predicted molar refractivity (Wildman–Crippen MR) is 159 cm³/mol. The van der Waals surface area contributed by atoms with Crippen LogP contribution in [0.2, 0.25) is 0 Å². The molecule has 1 unspecified atom stereocenters. The van der Waals surface area contributed by atoms with Gasteiger partial charge < -0.3 is 10.6 Å². The van der Waals surface area contributed by atoms with E-state index < -0.39 is 0 Å². The van der Waals surface area contributed by atoms with Crippen molar-refractivity contribution >= 4 is 11.5 Å². The fourth-order valence-corrected chi connectivity index (χ4v) is 5.63. The summed E-state index contributed by atoms with van der Waals surface area (Å²) < 4.78 is 2.07. The second-order valence-corrected chi connectivity index (χ2v) is 10.8. The van der Waals surface area contributed by atoms with Crippen molar-refractivity contribution in [2.75, 3.05) is 25.0 Å². The summed E-state index contributed by atoms with van der Waals surface area (Å²) in [6, 6.07) is 32.6. The van der Waals surface area contributed by atoms with E-state index in [9.17, 15) is 0 Å². The highest BCUT2D eigenvalue weighted by molar-refractivity contribution is 6.02. The zero-order valence-electron chi connectivity index (χ0n) is 22.5. The van der Waals surface area contributed by atoms with Gasteiger partial charge >= 0.3 is 0 Å². The first-order valence-corrected chi connectivity index (χ1v) is 14.3. The van der Waals surface area contributed by atoms with Gasteiger partial charge in [0.2, 0.25) is 0 Å². The molecule has 3 heterocycles. The van der Waals surface area contributed by atoms with Gasteiger partial charge in [-0.3, -0.25) is 14.6 Å². The van der Waals surface area contributed by atoms with Crippen LogP contribution in [0.25, 0.3) is 0 Å². The Bertz CT molecular complexity index is 1340. The quantitative estimate of drug-likeness (QED) is 0.338. The lowest BCUT2D eigenvalue weighted by Gasteiger charge is -2.33. The molecule has 1 fully saturated rings. The molecule has 39 heavy (non-hydrogen) atoms. The number of likely N-dealkylation sites (tertiary alicyclic amines) is 1. The van der Waals surface area contributed by atoms with Crippen LogP contribution in [0, 0.1) is 0 Å². The van der Waals surface area contributed by atoms with Crippen LogP contribution in [0.5, 0.6) is 0 Å². The van der Waals surface area contributed by atoms with Crippen molar-refractivity contribution < 1.29 is 0 Å². The second-order valence-electron chi connectivity index (χ2n) is 10.8. The number of piperidine rings is 1. The summed E-state index contributed by atoms with van der Waals surface area (Å²) in [7, 11) is 0. The van der Waals surface area contributed by atoms with Gasteiger partial charge in [-0.1, -0.05) is 91.0 Å². The first-order valence-electron chi connectivity index (χ1n) is 14.3. The van der Waals surface area contributed by atoms with Crippen molar-refractivity contribution in [2.45, 2.75) is 50.9 Å². The molecule has 1 aromatic heterocycles. The maximum Gasteiger partial charge on any atom is 0.151 e. The maximum atomic E-state index is 5.28. The molecule has 6 rings (SSSR count). The molecular weight excluding hydrogens is 480 g/mol. The van der Waals surface area contributed by atoms with Crippen LogP contribution in [0.3, 0.4) is 0 Å². The molecule has 4 aromatic rings. The Morgan fingerprint density at radius 1 is 0.795 bits per heavy atom. The molecule has 0 amide bonds. The molecule has 1 saturated heterocycles. The number of nitrogens with zero attached hydrogens (tertiary/aromatic N) is 4. The van der Waals surface area contributed by atoms with Gasteiger partial charge in [0.05, 0.1) is 11.7 Å². The number of amidine groups is 1. The highest BCUT2D eigenvalue weighted by Gasteiger charge is 2.26. The van der Waals surface area contributed by atoms with Gasteiger partial charge in [0.1, 0.15) is 0 Å². The van der Waals surface area contributed by atoms with Crippen LogP contribution in [-0.4, -0.2) is 52.2 Å². The summed E-state index contributed by atoms with van der Waals surface area (Å²) in [6.45, 7) is 4.84. The molecule has 0 saturated carbocycles. The Hall–Kier alpha value is -3.90. The van der Waals surface area contributed by atoms with Gasteiger partial charge in [0.25, 0.3) is 0 Å². The average molecular weight is 519 g/mol.